The molecule has 0 aromatic heterocycles. The van der Waals surface area contributed by atoms with Crippen LogP contribution in [0.15, 0.2) is 29.2 Å². The van der Waals surface area contributed by atoms with Crippen molar-refractivity contribution in [2.24, 2.45) is 0 Å². The first kappa shape index (κ1) is 11.8. The first-order chi connectivity index (χ1) is 7.13. The van der Waals surface area contributed by atoms with Crippen molar-refractivity contribution in [3.05, 3.63) is 34.4 Å². The summed E-state index contributed by atoms with van der Waals surface area (Å²) in [6.07, 6.45) is 0. The topological polar surface area (TPSA) is 66.9 Å². The highest BCUT2D eigenvalue weighted by Gasteiger charge is 2.06. The number of nitrogens with zero attached hydrogens (tertiary/aromatic N) is 2. The van der Waals surface area contributed by atoms with E-state index >= 15 is 0 Å². The lowest BCUT2D eigenvalue weighted by Crippen LogP contribution is -1.96. The monoisotopic (exact) mass is 242 g/mol. The van der Waals surface area contributed by atoms with Crippen molar-refractivity contribution in [3.63, 3.8) is 0 Å². The van der Waals surface area contributed by atoms with Crippen LogP contribution in [-0.2, 0) is 0 Å². The van der Waals surface area contributed by atoms with E-state index < -0.39 is 10.3 Å². The van der Waals surface area contributed by atoms with E-state index in [4.69, 9.17) is 16.9 Å². The molecule has 1 rings (SSSR count). The third-order valence-electron chi connectivity index (χ3n) is 1.58. The molecule has 0 N–H and O–H groups in total. The van der Waals surface area contributed by atoms with E-state index in [1.165, 1.54) is 23.9 Å². The smallest absolute Gasteiger partial charge is 0.258 e. The van der Waals surface area contributed by atoms with Crippen molar-refractivity contribution in [1.29, 1.82) is 5.26 Å². The van der Waals surface area contributed by atoms with E-state index in [1.807, 2.05) is 6.07 Å². The fourth-order valence-electron chi connectivity index (χ4n) is 0.871. The zero-order valence-electron chi connectivity index (χ0n) is 7.59. The molecule has 0 bridgehead atoms. The summed E-state index contributed by atoms with van der Waals surface area (Å²) in [5.41, 5.74) is 0.0575. The molecule has 78 valence electrons. The average Bonchev–Trinajstić information content (AvgIpc) is 2.26. The van der Waals surface area contributed by atoms with Gasteiger partial charge in [0.15, 0.2) is 0 Å². The molecule has 1 aromatic rings. The van der Waals surface area contributed by atoms with Gasteiger partial charge in [-0.2, -0.15) is 5.26 Å². The van der Waals surface area contributed by atoms with Gasteiger partial charge in [-0.15, -0.1) is 23.4 Å². The SMILES string of the molecule is N#CC(Cl)CSc1ccc([N+](=O)[O-])cc1. The molecule has 0 aliphatic heterocycles. The van der Waals surface area contributed by atoms with Gasteiger partial charge in [-0.1, -0.05) is 0 Å². The van der Waals surface area contributed by atoms with E-state index in [2.05, 4.69) is 0 Å². The summed E-state index contributed by atoms with van der Waals surface area (Å²) in [5.74, 6) is 0.468. The Bertz CT molecular complexity index is 388. The number of non-ortho nitro benzene ring substituents is 1. The van der Waals surface area contributed by atoms with Gasteiger partial charge >= 0.3 is 0 Å². The van der Waals surface area contributed by atoms with Crippen LogP contribution < -0.4 is 0 Å². The van der Waals surface area contributed by atoms with E-state index in [9.17, 15) is 10.1 Å². The largest absolute Gasteiger partial charge is 0.269 e. The average molecular weight is 243 g/mol. The fourth-order valence-corrected chi connectivity index (χ4v) is 1.80. The number of nitro groups is 1. The van der Waals surface area contributed by atoms with Crippen molar-refractivity contribution < 1.29 is 4.92 Å². The van der Waals surface area contributed by atoms with E-state index in [0.717, 1.165) is 4.90 Å². The number of halogens is 1. The number of nitro benzene ring substituents is 1. The summed E-state index contributed by atoms with van der Waals surface area (Å²) in [6, 6.07) is 8.04. The number of hydrogen-bond donors (Lipinski definition) is 0. The maximum Gasteiger partial charge on any atom is 0.269 e. The number of hydrogen-bond acceptors (Lipinski definition) is 4. The number of thioether (sulfide) groups is 1. The Kier molecular flexibility index (Phi) is 4.40. The van der Waals surface area contributed by atoms with E-state index in [0.29, 0.717) is 5.75 Å². The number of benzene rings is 1. The highest BCUT2D eigenvalue weighted by molar-refractivity contribution is 7.99. The molecular formula is C9H7ClN2O2S. The predicted octanol–water partition coefficient (Wildman–Crippen LogP) is 2.82. The molecule has 1 unspecified atom stereocenters. The molecular weight excluding hydrogens is 236 g/mol. The first-order valence-corrected chi connectivity index (χ1v) is 5.46. The highest BCUT2D eigenvalue weighted by Crippen LogP contribution is 2.22. The van der Waals surface area contributed by atoms with Gasteiger partial charge in [0.05, 0.1) is 11.0 Å². The molecule has 0 aliphatic rings. The van der Waals surface area contributed by atoms with Gasteiger partial charge in [0, 0.05) is 22.8 Å². The Labute approximate surface area is 96.0 Å². The molecule has 0 spiro atoms. The summed E-state index contributed by atoms with van der Waals surface area (Å²) < 4.78 is 0. The second kappa shape index (κ2) is 5.59. The second-order valence-corrected chi connectivity index (χ2v) is 4.28. The molecule has 1 atom stereocenters. The van der Waals surface area contributed by atoms with Crippen LogP contribution in [0.3, 0.4) is 0 Å². The second-order valence-electron chi connectivity index (χ2n) is 2.66. The number of nitriles is 1. The zero-order chi connectivity index (χ0) is 11.3. The van der Waals surface area contributed by atoms with Crippen LogP contribution in [0.5, 0.6) is 0 Å². The van der Waals surface area contributed by atoms with Gasteiger partial charge in [-0.05, 0) is 12.1 Å². The predicted molar refractivity (Wildman–Crippen MR) is 59.1 cm³/mol. The number of alkyl halides is 1. The quantitative estimate of drug-likeness (QED) is 0.352. The molecule has 0 amide bonds. The van der Waals surface area contributed by atoms with Gasteiger partial charge in [0.2, 0.25) is 0 Å². The molecule has 0 heterocycles. The minimum absolute atomic E-state index is 0.0575. The third kappa shape index (κ3) is 3.78. The maximum atomic E-state index is 10.4. The summed E-state index contributed by atoms with van der Waals surface area (Å²) in [7, 11) is 0. The lowest BCUT2D eigenvalue weighted by Gasteiger charge is -2.00. The van der Waals surface area contributed by atoms with Gasteiger partial charge in [-0.3, -0.25) is 10.1 Å². The molecule has 4 nitrogen and oxygen atoms in total. The molecule has 0 fully saturated rings. The summed E-state index contributed by atoms with van der Waals surface area (Å²) in [5, 5.41) is 18.3. The molecule has 6 heteroatoms. The van der Waals surface area contributed by atoms with Crippen LogP contribution in [0.2, 0.25) is 0 Å². The Morgan fingerprint density at radius 3 is 2.60 bits per heavy atom. The molecule has 0 radical (unpaired) electrons. The molecule has 1 aromatic carbocycles. The van der Waals surface area contributed by atoms with E-state index in [-0.39, 0.29) is 5.69 Å². The first-order valence-electron chi connectivity index (χ1n) is 4.04. The van der Waals surface area contributed by atoms with Gasteiger partial charge in [0.1, 0.15) is 5.38 Å². The Balaban J connectivity index is 2.58. The minimum Gasteiger partial charge on any atom is -0.258 e. The van der Waals surface area contributed by atoms with Crippen molar-refractivity contribution in [3.8, 4) is 6.07 Å². The number of rotatable bonds is 4. The summed E-state index contributed by atoms with van der Waals surface area (Å²) >= 11 is 7.00. The van der Waals surface area contributed by atoms with Crippen LogP contribution in [0, 0.1) is 21.4 Å². The lowest BCUT2D eigenvalue weighted by atomic mass is 10.3. The van der Waals surface area contributed by atoms with Gasteiger partial charge < -0.3 is 0 Å². The van der Waals surface area contributed by atoms with Gasteiger partial charge in [-0.25, -0.2) is 0 Å². The van der Waals surface area contributed by atoms with E-state index in [1.54, 1.807) is 12.1 Å². The fraction of sp³-hybridized carbons (Fsp3) is 0.222. The van der Waals surface area contributed by atoms with Crippen LogP contribution in [-0.4, -0.2) is 16.1 Å². The van der Waals surface area contributed by atoms with Crippen molar-refractivity contribution in [2.45, 2.75) is 10.3 Å². The van der Waals surface area contributed by atoms with Crippen LogP contribution in [0.1, 0.15) is 0 Å². The normalized spacial score (nSPS) is 11.7. The van der Waals surface area contributed by atoms with Crippen LogP contribution in [0.25, 0.3) is 0 Å². The zero-order valence-corrected chi connectivity index (χ0v) is 9.16. The van der Waals surface area contributed by atoms with Crippen molar-refractivity contribution in [1.82, 2.24) is 0 Å². The lowest BCUT2D eigenvalue weighted by molar-refractivity contribution is -0.384. The van der Waals surface area contributed by atoms with Crippen LogP contribution in [0.4, 0.5) is 5.69 Å². The van der Waals surface area contributed by atoms with Crippen molar-refractivity contribution >= 4 is 29.1 Å². The molecule has 0 aliphatic carbocycles. The highest BCUT2D eigenvalue weighted by atomic mass is 35.5. The third-order valence-corrected chi connectivity index (χ3v) is 3.12. The van der Waals surface area contributed by atoms with Gasteiger partial charge in [0.25, 0.3) is 5.69 Å². The summed E-state index contributed by atoms with van der Waals surface area (Å²) in [4.78, 5) is 10.8. The Morgan fingerprint density at radius 1 is 1.53 bits per heavy atom. The summed E-state index contributed by atoms with van der Waals surface area (Å²) in [6.45, 7) is 0. The molecule has 0 saturated heterocycles. The molecule has 0 saturated carbocycles. The minimum atomic E-state index is -0.537. The Morgan fingerprint density at radius 2 is 2.13 bits per heavy atom. The van der Waals surface area contributed by atoms with Crippen LogP contribution >= 0.6 is 23.4 Å². The molecule has 15 heavy (non-hydrogen) atoms. The maximum absolute atomic E-state index is 10.4. The Hall–Kier alpha value is -1.25. The standard InChI is InChI=1S/C9H7ClN2O2S/c10-7(5-11)6-15-9-3-1-8(2-4-9)12(13)14/h1-4,7H,6H2. The van der Waals surface area contributed by atoms with Crippen molar-refractivity contribution in [2.75, 3.05) is 5.75 Å².